The largest absolute Gasteiger partial charge is 0.352 e. The van der Waals surface area contributed by atoms with E-state index in [-0.39, 0.29) is 18.5 Å². The minimum absolute atomic E-state index is 0.0773. The second-order valence-corrected chi connectivity index (χ2v) is 12.0. The molecule has 0 bridgehead atoms. The Hall–Kier alpha value is -3.65. The molecule has 0 aliphatic heterocycles. The zero-order chi connectivity index (χ0) is 28.6. The van der Waals surface area contributed by atoms with Crippen LogP contribution in [-0.2, 0) is 32.6 Å². The van der Waals surface area contributed by atoms with Crippen LogP contribution < -0.4 is 9.62 Å². The highest BCUT2D eigenvalue weighted by Gasteiger charge is 2.33. The van der Waals surface area contributed by atoms with Gasteiger partial charge in [0.1, 0.15) is 12.6 Å². The van der Waals surface area contributed by atoms with Gasteiger partial charge in [0.15, 0.2) is 0 Å². The molecule has 0 aliphatic rings. The molecule has 0 radical (unpaired) electrons. The lowest BCUT2D eigenvalue weighted by Crippen LogP contribution is -2.54. The molecule has 0 fully saturated rings. The molecule has 0 aromatic heterocycles. The third-order valence-electron chi connectivity index (χ3n) is 6.68. The first-order valence-corrected chi connectivity index (χ1v) is 15.1. The number of amides is 2. The van der Waals surface area contributed by atoms with Crippen LogP contribution in [0.4, 0.5) is 5.69 Å². The van der Waals surface area contributed by atoms with Gasteiger partial charge >= 0.3 is 0 Å². The van der Waals surface area contributed by atoms with Crippen LogP contribution in [0.3, 0.4) is 0 Å². The summed E-state index contributed by atoms with van der Waals surface area (Å²) >= 11 is 0. The van der Waals surface area contributed by atoms with Gasteiger partial charge in [-0.15, -0.1) is 0 Å². The number of sulfonamides is 1. The summed E-state index contributed by atoms with van der Waals surface area (Å²) in [6, 6.07) is 23.4. The molecule has 1 N–H and O–H groups in total. The van der Waals surface area contributed by atoms with E-state index in [9.17, 15) is 18.0 Å². The first-order chi connectivity index (χ1) is 18.5. The Kier molecular flexibility index (Phi) is 10.3. The van der Waals surface area contributed by atoms with Gasteiger partial charge in [0.25, 0.3) is 0 Å². The van der Waals surface area contributed by atoms with Crippen molar-refractivity contribution in [1.29, 1.82) is 0 Å². The van der Waals surface area contributed by atoms with E-state index in [2.05, 4.69) is 5.32 Å². The Morgan fingerprint density at radius 3 is 2.08 bits per heavy atom. The third kappa shape index (κ3) is 8.68. The lowest BCUT2D eigenvalue weighted by atomic mass is 10.0. The highest BCUT2D eigenvalue weighted by molar-refractivity contribution is 7.92. The van der Waals surface area contributed by atoms with Crippen LogP contribution in [0.2, 0.25) is 0 Å². The molecule has 8 heteroatoms. The molecular weight excluding hydrogens is 510 g/mol. The van der Waals surface area contributed by atoms with Crippen LogP contribution in [0, 0.1) is 13.8 Å². The van der Waals surface area contributed by atoms with E-state index in [1.54, 1.807) is 18.2 Å². The summed E-state index contributed by atoms with van der Waals surface area (Å²) in [6.45, 7) is 7.49. The Balaban J connectivity index is 2.06. The average molecular weight is 550 g/mol. The number of carbonyl (C=O) groups excluding carboxylic acids is 2. The molecule has 0 unspecified atom stereocenters. The monoisotopic (exact) mass is 549 g/mol. The lowest BCUT2D eigenvalue weighted by molar-refractivity contribution is -0.140. The number of nitrogens with zero attached hydrogens (tertiary/aromatic N) is 2. The van der Waals surface area contributed by atoms with E-state index in [0.717, 1.165) is 39.2 Å². The van der Waals surface area contributed by atoms with Crippen LogP contribution in [0.1, 0.15) is 42.5 Å². The topological polar surface area (TPSA) is 86.8 Å². The molecule has 0 aliphatic carbocycles. The maximum atomic E-state index is 14.1. The van der Waals surface area contributed by atoms with Crippen LogP contribution >= 0.6 is 0 Å². The van der Waals surface area contributed by atoms with Crippen molar-refractivity contribution in [2.24, 2.45) is 0 Å². The third-order valence-corrected chi connectivity index (χ3v) is 7.82. The molecule has 39 heavy (non-hydrogen) atoms. The van der Waals surface area contributed by atoms with Crippen molar-refractivity contribution in [2.75, 3.05) is 17.1 Å². The number of rotatable bonds is 12. The number of aryl methyl sites for hydroxylation is 2. The summed E-state index contributed by atoms with van der Waals surface area (Å²) < 4.78 is 26.8. The number of hydrogen-bond acceptors (Lipinski definition) is 4. The van der Waals surface area contributed by atoms with Crippen molar-refractivity contribution in [3.05, 3.63) is 101 Å². The normalized spacial score (nSPS) is 12.8. The van der Waals surface area contributed by atoms with E-state index in [4.69, 9.17) is 0 Å². The minimum Gasteiger partial charge on any atom is -0.352 e. The van der Waals surface area contributed by atoms with Crippen molar-refractivity contribution >= 4 is 27.5 Å². The van der Waals surface area contributed by atoms with E-state index in [1.165, 1.54) is 4.90 Å². The van der Waals surface area contributed by atoms with E-state index < -0.39 is 28.5 Å². The zero-order valence-corrected chi connectivity index (χ0v) is 24.2. The second-order valence-electron chi connectivity index (χ2n) is 10.1. The summed E-state index contributed by atoms with van der Waals surface area (Å²) in [4.78, 5) is 29.3. The molecule has 3 rings (SSSR count). The predicted molar refractivity (Wildman–Crippen MR) is 157 cm³/mol. The van der Waals surface area contributed by atoms with Crippen molar-refractivity contribution in [3.8, 4) is 0 Å². The zero-order valence-electron chi connectivity index (χ0n) is 23.4. The van der Waals surface area contributed by atoms with Crippen molar-refractivity contribution < 1.29 is 18.0 Å². The minimum atomic E-state index is -3.79. The van der Waals surface area contributed by atoms with E-state index in [1.807, 2.05) is 88.4 Å². The van der Waals surface area contributed by atoms with E-state index >= 15 is 0 Å². The highest BCUT2D eigenvalue weighted by Crippen LogP contribution is 2.21. The Morgan fingerprint density at radius 2 is 1.49 bits per heavy atom. The van der Waals surface area contributed by atoms with Crippen molar-refractivity contribution in [3.63, 3.8) is 0 Å². The smallest absolute Gasteiger partial charge is 0.244 e. The van der Waals surface area contributed by atoms with Gasteiger partial charge in [-0.2, -0.15) is 0 Å². The molecule has 0 spiro atoms. The highest BCUT2D eigenvalue weighted by atomic mass is 32.2. The van der Waals surface area contributed by atoms with Gasteiger partial charge in [-0.25, -0.2) is 8.42 Å². The molecule has 208 valence electrons. The number of nitrogens with one attached hydrogen (secondary N) is 1. The molecule has 3 aromatic carbocycles. The fourth-order valence-corrected chi connectivity index (χ4v) is 5.24. The van der Waals surface area contributed by atoms with Crippen molar-refractivity contribution in [2.45, 2.75) is 59.2 Å². The first-order valence-electron chi connectivity index (χ1n) is 13.2. The number of anilines is 1. The van der Waals surface area contributed by atoms with Gasteiger partial charge in [-0.3, -0.25) is 13.9 Å². The number of benzene rings is 3. The number of carbonyl (C=O) groups is 2. The average Bonchev–Trinajstić information content (AvgIpc) is 2.89. The van der Waals surface area contributed by atoms with Gasteiger partial charge in [-0.1, -0.05) is 79.2 Å². The fraction of sp³-hybridized carbons (Fsp3) is 0.355. The molecule has 0 heterocycles. The summed E-state index contributed by atoms with van der Waals surface area (Å²) in [5, 5.41) is 3.04. The van der Waals surface area contributed by atoms with Gasteiger partial charge in [0.05, 0.1) is 11.9 Å². The maximum absolute atomic E-state index is 14.1. The second kappa shape index (κ2) is 13.4. The van der Waals surface area contributed by atoms with Crippen LogP contribution in [0.5, 0.6) is 0 Å². The Morgan fingerprint density at radius 1 is 0.872 bits per heavy atom. The van der Waals surface area contributed by atoms with Crippen LogP contribution in [0.25, 0.3) is 0 Å². The SMILES string of the molecule is CC[C@H](C)NC(=O)[C@@H](Cc1ccccc1)N(Cc1cccc(C)c1)C(=O)CN(c1cccc(C)c1)S(C)(=O)=O. The number of hydrogen-bond donors (Lipinski definition) is 1. The maximum Gasteiger partial charge on any atom is 0.244 e. The molecule has 0 saturated carbocycles. The Bertz CT molecular complexity index is 1380. The summed E-state index contributed by atoms with van der Waals surface area (Å²) in [6.07, 6.45) is 2.12. The van der Waals surface area contributed by atoms with Crippen molar-refractivity contribution in [1.82, 2.24) is 10.2 Å². The predicted octanol–water partition coefficient (Wildman–Crippen LogP) is 4.62. The Labute approximate surface area is 232 Å². The molecule has 3 aromatic rings. The van der Waals surface area contributed by atoms with Crippen LogP contribution in [0.15, 0.2) is 78.9 Å². The molecule has 2 amide bonds. The molecular formula is C31H39N3O4S. The van der Waals surface area contributed by atoms with Crippen LogP contribution in [-0.4, -0.2) is 50.0 Å². The van der Waals surface area contributed by atoms with Gasteiger partial charge in [0.2, 0.25) is 21.8 Å². The molecule has 2 atom stereocenters. The first kappa shape index (κ1) is 29.9. The molecule has 7 nitrogen and oxygen atoms in total. The fourth-order valence-electron chi connectivity index (χ4n) is 4.40. The summed E-state index contributed by atoms with van der Waals surface area (Å²) in [5.74, 6) is -0.723. The summed E-state index contributed by atoms with van der Waals surface area (Å²) in [7, 11) is -3.79. The quantitative estimate of drug-likeness (QED) is 0.357. The standard InChI is InChI=1S/C31H39N3O4S/c1-6-25(4)32-31(36)29(20-26-14-8-7-9-15-26)33(21-27-16-10-12-23(2)18-27)30(35)22-34(39(5,37)38)28-17-11-13-24(3)19-28/h7-19,25,29H,6,20-22H2,1-5H3,(H,32,36)/t25-,29+/m0/s1. The van der Waals surface area contributed by atoms with Gasteiger partial charge < -0.3 is 10.2 Å². The van der Waals surface area contributed by atoms with E-state index in [0.29, 0.717) is 12.1 Å². The lowest BCUT2D eigenvalue weighted by Gasteiger charge is -2.34. The van der Waals surface area contributed by atoms with Gasteiger partial charge in [0, 0.05) is 19.0 Å². The summed E-state index contributed by atoms with van der Waals surface area (Å²) in [5.41, 5.74) is 4.08. The molecule has 0 saturated heterocycles. The van der Waals surface area contributed by atoms with Gasteiger partial charge in [-0.05, 0) is 56.0 Å².